The van der Waals surface area contributed by atoms with Crippen LogP contribution in [0.5, 0.6) is 0 Å². The fourth-order valence-corrected chi connectivity index (χ4v) is 3.81. The van der Waals surface area contributed by atoms with Gasteiger partial charge in [0.1, 0.15) is 0 Å². The second kappa shape index (κ2) is 8.72. The van der Waals surface area contributed by atoms with E-state index < -0.39 is 6.04 Å². The Morgan fingerprint density at radius 1 is 1.26 bits per heavy atom. The first kappa shape index (κ1) is 17.5. The molecular weight excluding hydrogens is 314 g/mol. The van der Waals surface area contributed by atoms with Crippen molar-refractivity contribution in [2.45, 2.75) is 37.0 Å². The number of hydrogen-bond donors (Lipinski definition) is 1. The summed E-state index contributed by atoms with van der Waals surface area (Å²) >= 11 is 1.58. The third-order valence-electron chi connectivity index (χ3n) is 3.79. The van der Waals surface area contributed by atoms with Gasteiger partial charge in [0.05, 0.1) is 18.4 Å². The molecular formula is C17H21NO4S. The lowest BCUT2D eigenvalue weighted by Gasteiger charge is -2.11. The van der Waals surface area contributed by atoms with Crippen molar-refractivity contribution < 1.29 is 19.1 Å². The number of nitrogens with one attached hydrogen (secondary N) is 1. The number of Topliss-reactive ketones (excluding diaryl/α,β-unsaturated/α-hetero) is 1. The molecule has 1 aromatic carbocycles. The number of methoxy groups -OCH3 is 1. The maximum absolute atomic E-state index is 12.3. The number of benzene rings is 1. The summed E-state index contributed by atoms with van der Waals surface area (Å²) in [6.45, 7) is 0. The molecule has 1 aromatic rings. The van der Waals surface area contributed by atoms with Crippen LogP contribution in [0.2, 0.25) is 0 Å². The van der Waals surface area contributed by atoms with Crippen LogP contribution in [0.25, 0.3) is 0 Å². The Bertz CT molecular complexity index is 561. The van der Waals surface area contributed by atoms with Gasteiger partial charge in [0.25, 0.3) is 5.91 Å². The number of rotatable bonds is 7. The van der Waals surface area contributed by atoms with Gasteiger partial charge < -0.3 is 10.1 Å². The highest BCUT2D eigenvalue weighted by Crippen LogP contribution is 2.28. The van der Waals surface area contributed by atoms with Gasteiger partial charge in [-0.2, -0.15) is 0 Å². The van der Waals surface area contributed by atoms with Crippen molar-refractivity contribution in [3.63, 3.8) is 0 Å². The first-order chi connectivity index (χ1) is 11.1. The Hall–Kier alpha value is -1.82. The summed E-state index contributed by atoms with van der Waals surface area (Å²) in [7, 11) is 1.37. The van der Waals surface area contributed by atoms with Gasteiger partial charge in [-0.3, -0.25) is 14.4 Å². The van der Waals surface area contributed by atoms with E-state index in [0.717, 1.165) is 19.3 Å². The van der Waals surface area contributed by atoms with Crippen molar-refractivity contribution >= 4 is 29.4 Å². The molecule has 1 saturated heterocycles. The molecule has 2 atom stereocenters. The van der Waals surface area contributed by atoms with Gasteiger partial charge in [0.2, 0.25) is 0 Å². The molecule has 6 heteroatoms. The maximum atomic E-state index is 12.3. The maximum Gasteiger partial charge on any atom is 0.305 e. The molecule has 0 saturated carbocycles. The van der Waals surface area contributed by atoms with Crippen LogP contribution in [0, 0.1) is 0 Å². The highest BCUT2D eigenvalue weighted by Gasteiger charge is 2.35. The minimum absolute atomic E-state index is 0.0809. The smallest absolute Gasteiger partial charge is 0.305 e. The van der Waals surface area contributed by atoms with Gasteiger partial charge in [-0.15, -0.1) is 11.8 Å². The lowest BCUT2D eigenvalue weighted by atomic mass is 10.1. The van der Waals surface area contributed by atoms with E-state index in [-0.39, 0.29) is 22.9 Å². The van der Waals surface area contributed by atoms with E-state index in [1.807, 2.05) is 6.07 Å². The molecule has 2 rings (SSSR count). The van der Waals surface area contributed by atoms with Crippen molar-refractivity contribution in [3.05, 3.63) is 35.9 Å². The third kappa shape index (κ3) is 5.10. The molecule has 0 aromatic heterocycles. The van der Waals surface area contributed by atoms with Crippen LogP contribution in [0.4, 0.5) is 0 Å². The normalized spacial score (nSPS) is 20.3. The molecule has 0 bridgehead atoms. The summed E-state index contributed by atoms with van der Waals surface area (Å²) in [5.41, 5.74) is 0.562. The molecule has 0 aliphatic carbocycles. The fourth-order valence-electron chi connectivity index (χ4n) is 2.47. The zero-order valence-electron chi connectivity index (χ0n) is 13.1. The van der Waals surface area contributed by atoms with Gasteiger partial charge in [-0.1, -0.05) is 24.6 Å². The molecule has 1 amide bonds. The van der Waals surface area contributed by atoms with Gasteiger partial charge in [-0.05, 0) is 25.0 Å². The number of esters is 1. The molecule has 1 N–H and O–H groups in total. The zero-order chi connectivity index (χ0) is 16.7. The summed E-state index contributed by atoms with van der Waals surface area (Å²) in [5.74, 6) is 0.260. The largest absolute Gasteiger partial charge is 0.469 e. The summed E-state index contributed by atoms with van der Waals surface area (Å²) in [6, 6.07) is 8.48. The van der Waals surface area contributed by atoms with Crippen LogP contribution in [0.3, 0.4) is 0 Å². The second-order valence-corrected chi connectivity index (χ2v) is 6.67. The van der Waals surface area contributed by atoms with E-state index in [1.165, 1.54) is 7.11 Å². The monoisotopic (exact) mass is 335 g/mol. The first-order valence-electron chi connectivity index (χ1n) is 7.70. The van der Waals surface area contributed by atoms with Gasteiger partial charge in [0.15, 0.2) is 5.78 Å². The SMILES string of the molecule is COC(=O)CCCC[C@H]1SC[C@H](NC(=O)c2ccccc2)C1=O. The molecule has 0 unspecified atom stereocenters. The molecule has 1 fully saturated rings. The van der Waals surface area contributed by atoms with E-state index in [0.29, 0.717) is 17.7 Å². The standard InChI is InChI=1S/C17H21NO4S/c1-22-15(19)10-6-5-9-14-16(20)13(11-23-14)18-17(21)12-7-3-2-4-8-12/h2-4,7-8,13-14H,5-6,9-11H2,1H3,(H,18,21)/t13-,14+/m0/s1. The fraction of sp³-hybridized carbons (Fsp3) is 0.471. The Labute approximate surface area is 140 Å². The van der Waals surface area contributed by atoms with Crippen molar-refractivity contribution in [2.75, 3.05) is 12.9 Å². The molecule has 1 aliphatic rings. The lowest BCUT2D eigenvalue weighted by Crippen LogP contribution is -2.41. The predicted molar refractivity (Wildman–Crippen MR) is 89.4 cm³/mol. The lowest BCUT2D eigenvalue weighted by molar-refractivity contribution is -0.140. The van der Waals surface area contributed by atoms with Crippen molar-refractivity contribution in [1.82, 2.24) is 5.32 Å². The Balaban J connectivity index is 1.75. The number of carbonyl (C=O) groups is 3. The number of hydrogen-bond acceptors (Lipinski definition) is 5. The highest BCUT2D eigenvalue weighted by molar-refractivity contribution is 8.01. The van der Waals surface area contributed by atoms with E-state index in [4.69, 9.17) is 0 Å². The van der Waals surface area contributed by atoms with E-state index in [9.17, 15) is 14.4 Å². The Kier molecular flexibility index (Phi) is 6.65. The van der Waals surface area contributed by atoms with Crippen LogP contribution in [0.1, 0.15) is 36.0 Å². The molecule has 1 aliphatic heterocycles. The van der Waals surface area contributed by atoms with Crippen LogP contribution < -0.4 is 5.32 Å². The Morgan fingerprint density at radius 3 is 2.70 bits per heavy atom. The average Bonchev–Trinajstić information content (AvgIpc) is 2.92. The van der Waals surface area contributed by atoms with Crippen LogP contribution in [-0.4, -0.2) is 41.8 Å². The van der Waals surface area contributed by atoms with Crippen LogP contribution >= 0.6 is 11.8 Å². The number of carbonyl (C=O) groups excluding carboxylic acids is 3. The summed E-state index contributed by atoms with van der Waals surface area (Å²) in [5, 5.41) is 2.72. The third-order valence-corrected chi connectivity index (χ3v) is 5.19. The molecule has 0 spiro atoms. The van der Waals surface area contributed by atoms with Crippen molar-refractivity contribution in [3.8, 4) is 0 Å². The number of thioether (sulfide) groups is 1. The average molecular weight is 335 g/mol. The molecule has 5 nitrogen and oxygen atoms in total. The molecule has 0 radical (unpaired) electrons. The summed E-state index contributed by atoms with van der Waals surface area (Å²) in [6.07, 6.45) is 2.64. The van der Waals surface area contributed by atoms with Crippen molar-refractivity contribution in [2.24, 2.45) is 0 Å². The second-order valence-electron chi connectivity index (χ2n) is 5.44. The number of amides is 1. The quantitative estimate of drug-likeness (QED) is 0.611. The predicted octanol–water partition coefficient (Wildman–Crippen LogP) is 2.20. The summed E-state index contributed by atoms with van der Waals surface area (Å²) in [4.78, 5) is 35.5. The number of unbranched alkanes of at least 4 members (excludes halogenated alkanes) is 1. The summed E-state index contributed by atoms with van der Waals surface area (Å²) < 4.78 is 4.59. The molecule has 124 valence electrons. The first-order valence-corrected chi connectivity index (χ1v) is 8.74. The van der Waals surface area contributed by atoms with Gasteiger partial charge in [0, 0.05) is 17.7 Å². The highest BCUT2D eigenvalue weighted by atomic mass is 32.2. The van der Waals surface area contributed by atoms with Crippen molar-refractivity contribution in [1.29, 1.82) is 0 Å². The zero-order valence-corrected chi connectivity index (χ0v) is 13.9. The molecule has 23 heavy (non-hydrogen) atoms. The Morgan fingerprint density at radius 2 is 2.00 bits per heavy atom. The van der Waals surface area contributed by atoms with E-state index in [1.54, 1.807) is 36.0 Å². The number of ketones is 1. The van der Waals surface area contributed by atoms with E-state index >= 15 is 0 Å². The van der Waals surface area contributed by atoms with Crippen LogP contribution in [0.15, 0.2) is 30.3 Å². The minimum atomic E-state index is -0.418. The number of ether oxygens (including phenoxy) is 1. The van der Waals surface area contributed by atoms with Gasteiger partial charge >= 0.3 is 5.97 Å². The topological polar surface area (TPSA) is 72.5 Å². The minimum Gasteiger partial charge on any atom is -0.469 e. The van der Waals surface area contributed by atoms with Crippen LogP contribution in [-0.2, 0) is 14.3 Å². The van der Waals surface area contributed by atoms with Gasteiger partial charge in [-0.25, -0.2) is 0 Å². The molecule has 1 heterocycles. The van der Waals surface area contributed by atoms with E-state index in [2.05, 4.69) is 10.1 Å².